The highest BCUT2D eigenvalue weighted by molar-refractivity contribution is 6.83. The average Bonchev–Trinajstić information content (AvgIpc) is 4.15. The van der Waals surface area contributed by atoms with Crippen LogP contribution in [0.2, 0.25) is 19.6 Å². The number of fused-ring (bicyclic) bond motifs is 8. The highest BCUT2D eigenvalue weighted by Gasteiger charge is 2.21. The van der Waals surface area contributed by atoms with Crippen molar-refractivity contribution in [3.63, 3.8) is 0 Å². The lowest BCUT2D eigenvalue weighted by Crippen LogP contribution is -2.16. The van der Waals surface area contributed by atoms with E-state index in [2.05, 4.69) is 190 Å². The number of rotatable bonds is 11. The van der Waals surface area contributed by atoms with Crippen LogP contribution in [-0.4, -0.2) is 41.7 Å². The number of aromatic amines is 2. The van der Waals surface area contributed by atoms with Crippen molar-refractivity contribution in [1.82, 2.24) is 19.9 Å². The Hall–Kier alpha value is -7.14. The Bertz CT molecular complexity index is 3220. The number of benzene rings is 4. The number of H-pyrrole nitrogens is 2. The first-order valence-corrected chi connectivity index (χ1v) is 26.7. The van der Waals surface area contributed by atoms with Crippen molar-refractivity contribution in [3.8, 4) is 67.5 Å². The van der Waals surface area contributed by atoms with Gasteiger partial charge in [-0.15, -0.1) is 5.54 Å². The van der Waals surface area contributed by atoms with Crippen LogP contribution in [0.25, 0.3) is 90.9 Å². The average molecular weight is 883 g/mol. The third-order valence-corrected chi connectivity index (χ3v) is 13.1. The van der Waals surface area contributed by atoms with Gasteiger partial charge in [0.15, 0.2) is 0 Å². The lowest BCUT2D eigenvalue weighted by molar-refractivity contribution is 0.305. The number of nitrogens with one attached hydrogen (secondary N) is 2. The Morgan fingerprint density at radius 2 is 0.955 bits per heavy atom. The Morgan fingerprint density at radius 3 is 1.41 bits per heavy atom. The molecule has 2 aliphatic rings. The number of hydrogen-bond acceptors (Lipinski definition) is 4. The Labute approximate surface area is 390 Å². The molecule has 7 aromatic rings. The minimum absolute atomic E-state index is 0.708. The van der Waals surface area contributed by atoms with Gasteiger partial charge < -0.3 is 19.4 Å². The van der Waals surface area contributed by atoms with Crippen molar-refractivity contribution < 1.29 is 9.47 Å². The molecule has 7 heteroatoms. The second-order valence-corrected chi connectivity index (χ2v) is 23.3. The zero-order chi connectivity index (χ0) is 46.0. The molecular weight excluding hydrogens is 825 g/mol. The first-order valence-electron chi connectivity index (χ1n) is 23.2. The predicted molar refractivity (Wildman–Crippen MR) is 281 cm³/mol. The Morgan fingerprint density at radius 1 is 0.515 bits per heavy atom. The number of aryl methyl sites for hydroxylation is 3. The van der Waals surface area contributed by atoms with Crippen LogP contribution < -0.4 is 9.47 Å². The molecule has 0 saturated heterocycles. The van der Waals surface area contributed by atoms with E-state index in [9.17, 15) is 0 Å². The Kier molecular flexibility index (Phi) is 12.5. The van der Waals surface area contributed by atoms with E-state index in [4.69, 9.17) is 19.4 Å². The zero-order valence-corrected chi connectivity index (χ0v) is 40.4. The van der Waals surface area contributed by atoms with E-state index in [1.807, 2.05) is 12.1 Å². The molecule has 0 amide bonds. The van der Waals surface area contributed by atoms with Gasteiger partial charge in [0.1, 0.15) is 19.6 Å². The summed E-state index contributed by atoms with van der Waals surface area (Å²) in [6, 6.07) is 38.6. The van der Waals surface area contributed by atoms with E-state index in [1.165, 1.54) is 41.5 Å². The molecule has 330 valence electrons. The van der Waals surface area contributed by atoms with Crippen molar-refractivity contribution in [1.29, 1.82) is 0 Å². The Balaban J connectivity index is 1.36. The molecule has 0 unspecified atom stereocenters. The van der Waals surface area contributed by atoms with Gasteiger partial charge in [0, 0.05) is 49.9 Å². The lowest BCUT2D eigenvalue weighted by Gasteiger charge is -2.13. The summed E-state index contributed by atoms with van der Waals surface area (Å²) in [6.07, 6.45) is 13.3. The first kappa shape index (κ1) is 44.1. The summed E-state index contributed by atoms with van der Waals surface area (Å²) < 4.78 is 11.8. The molecular formula is C59H58N4O2Si. The van der Waals surface area contributed by atoms with Crippen LogP contribution in [0.4, 0.5) is 0 Å². The number of methoxy groups -OCH3 is 1. The molecule has 0 atom stereocenters. The standard InChI is InChI=1S/C59H58N4O2Si/c1-9-10-11-12-34-65-46-23-19-44(20-24-46)58-49-26-25-47(60-49)56(42-15-13-41(14-16-42)33-35-66(6,7)8)51-29-31-53(62-51)59(55-39(3)36-38(2)37-40(55)4)54-32-30-52(63-54)57(48-27-28-50(58)61-48)43-17-21-45(64-5)22-18-43/h13-32,36-37,60,63H,9-12,34H2,1-8H3. The van der Waals surface area contributed by atoms with Crippen LogP contribution in [0.3, 0.4) is 0 Å². The van der Waals surface area contributed by atoms with Crippen LogP contribution in [0.1, 0.15) is 77.6 Å². The van der Waals surface area contributed by atoms with E-state index >= 15 is 0 Å². The van der Waals surface area contributed by atoms with Gasteiger partial charge in [0.25, 0.3) is 0 Å². The minimum Gasteiger partial charge on any atom is -0.497 e. The van der Waals surface area contributed by atoms with Gasteiger partial charge >= 0.3 is 0 Å². The molecule has 66 heavy (non-hydrogen) atoms. The van der Waals surface area contributed by atoms with E-state index < -0.39 is 8.07 Å². The van der Waals surface area contributed by atoms with Crippen molar-refractivity contribution in [2.45, 2.75) is 73.0 Å². The fourth-order valence-corrected chi connectivity index (χ4v) is 9.65. The molecule has 0 aliphatic carbocycles. The van der Waals surface area contributed by atoms with Gasteiger partial charge in [-0.2, -0.15) is 0 Å². The molecule has 0 fully saturated rings. The first-order chi connectivity index (χ1) is 32.0. The van der Waals surface area contributed by atoms with Crippen LogP contribution in [0, 0.1) is 32.2 Å². The summed E-state index contributed by atoms with van der Waals surface area (Å²) in [5, 5.41) is 0. The molecule has 6 nitrogen and oxygen atoms in total. The van der Waals surface area contributed by atoms with Gasteiger partial charge in [-0.25, -0.2) is 9.97 Å². The molecule has 0 radical (unpaired) electrons. The molecule has 4 aromatic carbocycles. The van der Waals surface area contributed by atoms with Gasteiger partial charge in [-0.3, -0.25) is 0 Å². The van der Waals surface area contributed by atoms with Crippen molar-refractivity contribution in [2.24, 2.45) is 0 Å². The highest BCUT2D eigenvalue weighted by Crippen LogP contribution is 2.40. The fraction of sp³-hybridized carbons (Fsp3) is 0.220. The number of aromatic nitrogens is 4. The number of hydrogen-bond donors (Lipinski definition) is 2. The lowest BCUT2D eigenvalue weighted by atomic mass is 9.92. The van der Waals surface area contributed by atoms with E-state index in [0.717, 1.165) is 107 Å². The van der Waals surface area contributed by atoms with Crippen LogP contribution in [0.15, 0.2) is 109 Å². The van der Waals surface area contributed by atoms with Gasteiger partial charge in [0.2, 0.25) is 0 Å². The highest BCUT2D eigenvalue weighted by atomic mass is 28.3. The minimum atomic E-state index is -1.56. The quantitative estimate of drug-likeness (QED) is 0.0771. The molecule has 0 spiro atoms. The van der Waals surface area contributed by atoms with E-state index in [-0.39, 0.29) is 0 Å². The number of unbranched alkanes of at least 4 members (excludes halogenated alkanes) is 3. The molecule has 0 saturated carbocycles. The van der Waals surface area contributed by atoms with Gasteiger partial charge in [0.05, 0.1) is 36.5 Å². The van der Waals surface area contributed by atoms with Crippen molar-refractivity contribution in [3.05, 3.63) is 154 Å². The summed E-state index contributed by atoms with van der Waals surface area (Å²) in [6.45, 7) is 16.3. The third-order valence-electron chi connectivity index (χ3n) is 12.2. The third kappa shape index (κ3) is 9.33. The maximum absolute atomic E-state index is 6.21. The summed E-state index contributed by atoms with van der Waals surface area (Å²) in [4.78, 5) is 18.9. The van der Waals surface area contributed by atoms with Gasteiger partial charge in [-0.1, -0.05) is 106 Å². The maximum atomic E-state index is 6.21. The fourth-order valence-electron chi connectivity index (χ4n) is 9.13. The molecule has 9 rings (SSSR count). The summed E-state index contributed by atoms with van der Waals surface area (Å²) in [7, 11) is 0.142. The number of ether oxygens (including phenoxy) is 2. The van der Waals surface area contributed by atoms with Crippen molar-refractivity contribution >= 4 is 54.4 Å². The van der Waals surface area contributed by atoms with Crippen LogP contribution in [-0.2, 0) is 0 Å². The van der Waals surface area contributed by atoms with Crippen molar-refractivity contribution in [2.75, 3.05) is 13.7 Å². The van der Waals surface area contributed by atoms with Gasteiger partial charge in [-0.05, 0) is 146 Å². The second kappa shape index (κ2) is 18.8. The summed E-state index contributed by atoms with van der Waals surface area (Å²) in [5.74, 6) is 5.11. The van der Waals surface area contributed by atoms with E-state index in [0.29, 0.717) is 6.61 Å². The molecule has 2 aliphatic heterocycles. The molecule has 2 N–H and O–H groups in total. The van der Waals surface area contributed by atoms with Crippen LogP contribution in [0.5, 0.6) is 11.5 Å². The second-order valence-electron chi connectivity index (χ2n) is 18.5. The maximum Gasteiger partial charge on any atom is 0.129 e. The molecule has 8 bridgehead atoms. The van der Waals surface area contributed by atoms with Crippen LogP contribution >= 0.6 is 0 Å². The molecule has 3 aromatic heterocycles. The topological polar surface area (TPSA) is 75.8 Å². The smallest absolute Gasteiger partial charge is 0.129 e. The normalized spacial score (nSPS) is 12.0. The molecule has 5 heterocycles. The monoisotopic (exact) mass is 882 g/mol. The number of nitrogens with zero attached hydrogens (tertiary/aromatic N) is 2. The summed E-state index contributed by atoms with van der Waals surface area (Å²) >= 11 is 0. The summed E-state index contributed by atoms with van der Waals surface area (Å²) in [5.41, 5.74) is 23.8. The van der Waals surface area contributed by atoms with E-state index in [1.54, 1.807) is 7.11 Å². The predicted octanol–water partition coefficient (Wildman–Crippen LogP) is 15.4. The largest absolute Gasteiger partial charge is 0.497 e. The zero-order valence-electron chi connectivity index (χ0n) is 39.4. The SMILES string of the molecule is CCCCCCOc1ccc(-c2c3nc(c(-c4ccc(OC)cc4)c4ccc([nH]4)c(-c4c(C)cc(C)cc4C)c4nc(c(-c5ccc(C#C[Si](C)(C)C)cc5)c5ccc2[nH]5)C=C4)C=C3)cc1.